The van der Waals surface area contributed by atoms with Crippen LogP contribution in [0.5, 0.6) is 0 Å². The zero-order valence-corrected chi connectivity index (χ0v) is 20.3. The van der Waals surface area contributed by atoms with Crippen molar-refractivity contribution in [2.75, 3.05) is 23.7 Å². The van der Waals surface area contributed by atoms with Gasteiger partial charge in [0, 0.05) is 17.6 Å². The summed E-state index contributed by atoms with van der Waals surface area (Å²) in [6, 6.07) is 15.3. The number of rotatable bonds is 10. The van der Waals surface area contributed by atoms with Gasteiger partial charge in [0.25, 0.3) is 0 Å². The van der Waals surface area contributed by atoms with Crippen molar-refractivity contribution >= 4 is 43.5 Å². The molecule has 0 saturated heterocycles. The number of carbonyl (C=O) groups is 2. The Morgan fingerprint density at radius 2 is 1.65 bits per heavy atom. The van der Waals surface area contributed by atoms with E-state index >= 15 is 0 Å². The molecule has 0 fully saturated rings. The first-order chi connectivity index (χ1) is 14.7. The Hall–Kier alpha value is -2.39. The number of nitrogens with zero attached hydrogens (tertiary/aromatic N) is 2. The van der Waals surface area contributed by atoms with Gasteiger partial charge in [0.15, 0.2) is 0 Å². The third kappa shape index (κ3) is 7.07. The Bertz CT molecular complexity index is 982. The number of carbonyl (C=O) groups excluding carboxylic acids is 2. The maximum absolute atomic E-state index is 13.4. The van der Waals surface area contributed by atoms with E-state index < -0.39 is 28.5 Å². The largest absolute Gasteiger partial charge is 0.355 e. The maximum atomic E-state index is 13.4. The molecular formula is C22H28BrN3O4S. The highest BCUT2D eigenvalue weighted by atomic mass is 79.9. The SMILES string of the molecule is CCNC(=O)[C@@H](CC)N(Cc1ccccc1)C(=O)CN(c1ccc(Br)cc1)S(C)(=O)=O. The van der Waals surface area contributed by atoms with Gasteiger partial charge in [-0.1, -0.05) is 53.2 Å². The zero-order chi connectivity index (χ0) is 23.0. The summed E-state index contributed by atoms with van der Waals surface area (Å²) >= 11 is 3.33. The number of benzene rings is 2. The van der Waals surface area contributed by atoms with E-state index in [0.717, 1.165) is 20.6 Å². The molecule has 0 bridgehead atoms. The first kappa shape index (κ1) is 24.9. The van der Waals surface area contributed by atoms with Crippen molar-refractivity contribution < 1.29 is 18.0 Å². The molecule has 0 spiro atoms. The van der Waals surface area contributed by atoms with Gasteiger partial charge in [-0.25, -0.2) is 8.42 Å². The maximum Gasteiger partial charge on any atom is 0.244 e. The van der Waals surface area contributed by atoms with Crippen molar-refractivity contribution in [3.8, 4) is 0 Å². The van der Waals surface area contributed by atoms with Gasteiger partial charge >= 0.3 is 0 Å². The number of hydrogen-bond acceptors (Lipinski definition) is 4. The third-order valence-electron chi connectivity index (χ3n) is 4.73. The minimum absolute atomic E-state index is 0.202. The average Bonchev–Trinajstić information content (AvgIpc) is 2.72. The minimum Gasteiger partial charge on any atom is -0.355 e. The van der Waals surface area contributed by atoms with Gasteiger partial charge in [-0.05, 0) is 43.2 Å². The van der Waals surface area contributed by atoms with Crippen LogP contribution in [-0.2, 0) is 26.2 Å². The van der Waals surface area contributed by atoms with Gasteiger partial charge in [-0.2, -0.15) is 0 Å². The van der Waals surface area contributed by atoms with Crippen LogP contribution in [0.4, 0.5) is 5.69 Å². The summed E-state index contributed by atoms with van der Waals surface area (Å²) in [5.74, 6) is -0.709. The van der Waals surface area contributed by atoms with E-state index in [2.05, 4.69) is 21.2 Å². The topological polar surface area (TPSA) is 86.8 Å². The van der Waals surface area contributed by atoms with E-state index in [0.29, 0.717) is 18.7 Å². The summed E-state index contributed by atoms with van der Waals surface area (Å²) < 4.78 is 26.8. The third-order valence-corrected chi connectivity index (χ3v) is 6.40. The molecule has 1 N–H and O–H groups in total. The summed E-state index contributed by atoms with van der Waals surface area (Å²) in [4.78, 5) is 27.5. The molecule has 0 aliphatic rings. The van der Waals surface area contributed by atoms with E-state index in [1.807, 2.05) is 44.2 Å². The fourth-order valence-electron chi connectivity index (χ4n) is 3.21. The molecule has 7 nitrogen and oxygen atoms in total. The van der Waals surface area contributed by atoms with Gasteiger partial charge in [-0.15, -0.1) is 0 Å². The highest BCUT2D eigenvalue weighted by Gasteiger charge is 2.31. The molecule has 0 unspecified atom stereocenters. The lowest BCUT2D eigenvalue weighted by atomic mass is 10.1. The van der Waals surface area contributed by atoms with E-state index in [4.69, 9.17) is 0 Å². The van der Waals surface area contributed by atoms with Crippen molar-refractivity contribution in [1.82, 2.24) is 10.2 Å². The number of nitrogens with one attached hydrogen (secondary N) is 1. The van der Waals surface area contributed by atoms with E-state index in [1.54, 1.807) is 24.3 Å². The average molecular weight is 510 g/mol. The molecule has 2 aromatic rings. The fourth-order valence-corrected chi connectivity index (χ4v) is 4.33. The highest BCUT2D eigenvalue weighted by Crippen LogP contribution is 2.22. The molecule has 0 radical (unpaired) electrons. The lowest BCUT2D eigenvalue weighted by molar-refractivity contribution is -0.140. The summed E-state index contributed by atoms with van der Waals surface area (Å²) in [5, 5.41) is 2.77. The standard InChI is InChI=1S/C22H28BrN3O4S/c1-4-20(22(28)24-5-2)25(15-17-9-7-6-8-10-17)21(27)16-26(31(3,29)30)19-13-11-18(23)12-14-19/h6-14,20H,4-5,15-16H2,1-3H3,(H,24,28)/t20-/m1/s1. The quantitative estimate of drug-likeness (QED) is 0.532. The molecule has 9 heteroatoms. The van der Waals surface area contributed by atoms with Crippen LogP contribution in [0, 0.1) is 0 Å². The van der Waals surface area contributed by atoms with Crippen LogP contribution < -0.4 is 9.62 Å². The lowest BCUT2D eigenvalue weighted by Gasteiger charge is -2.32. The second kappa shape index (κ2) is 11.3. The number of anilines is 1. The van der Waals surface area contributed by atoms with Crippen LogP contribution in [-0.4, -0.2) is 50.5 Å². The molecule has 1 atom stereocenters. The van der Waals surface area contributed by atoms with Crippen LogP contribution in [0.2, 0.25) is 0 Å². The number of amides is 2. The Morgan fingerprint density at radius 3 is 2.16 bits per heavy atom. The Kier molecular flexibility index (Phi) is 9.06. The molecule has 0 aromatic heterocycles. The summed E-state index contributed by atoms with van der Waals surface area (Å²) in [6.45, 7) is 3.88. The van der Waals surface area contributed by atoms with Gasteiger partial charge in [-0.3, -0.25) is 13.9 Å². The van der Waals surface area contributed by atoms with Crippen LogP contribution >= 0.6 is 15.9 Å². The Balaban J connectivity index is 2.39. The predicted octanol–water partition coefficient (Wildman–Crippen LogP) is 3.16. The van der Waals surface area contributed by atoms with Crippen molar-refractivity contribution in [2.24, 2.45) is 0 Å². The smallest absolute Gasteiger partial charge is 0.244 e. The first-order valence-electron chi connectivity index (χ1n) is 10.0. The molecule has 0 heterocycles. The van der Waals surface area contributed by atoms with Crippen molar-refractivity contribution in [2.45, 2.75) is 32.9 Å². The van der Waals surface area contributed by atoms with Crippen molar-refractivity contribution in [3.63, 3.8) is 0 Å². The predicted molar refractivity (Wildman–Crippen MR) is 126 cm³/mol. The van der Waals surface area contributed by atoms with E-state index in [-0.39, 0.29) is 12.5 Å². The highest BCUT2D eigenvalue weighted by molar-refractivity contribution is 9.10. The van der Waals surface area contributed by atoms with Gasteiger partial charge in [0.05, 0.1) is 11.9 Å². The fraction of sp³-hybridized carbons (Fsp3) is 0.364. The number of hydrogen-bond donors (Lipinski definition) is 1. The molecule has 168 valence electrons. The normalized spacial score (nSPS) is 12.1. The molecule has 2 amide bonds. The number of sulfonamides is 1. The molecule has 0 aliphatic heterocycles. The van der Waals surface area contributed by atoms with Crippen molar-refractivity contribution in [3.05, 3.63) is 64.6 Å². The minimum atomic E-state index is -3.73. The van der Waals surface area contributed by atoms with Gasteiger partial charge in [0.1, 0.15) is 12.6 Å². The number of halogens is 1. The zero-order valence-electron chi connectivity index (χ0n) is 17.9. The molecule has 0 saturated carbocycles. The van der Waals surface area contributed by atoms with E-state index in [9.17, 15) is 18.0 Å². The molecule has 2 aromatic carbocycles. The van der Waals surface area contributed by atoms with Crippen LogP contribution in [0.15, 0.2) is 59.1 Å². The Morgan fingerprint density at radius 1 is 1.03 bits per heavy atom. The summed E-state index contributed by atoms with van der Waals surface area (Å²) in [7, 11) is -3.73. The second-order valence-electron chi connectivity index (χ2n) is 7.07. The van der Waals surface area contributed by atoms with Crippen LogP contribution in [0.3, 0.4) is 0 Å². The Labute approximate surface area is 192 Å². The number of likely N-dealkylation sites (N-methyl/N-ethyl adjacent to an activating group) is 1. The summed E-state index contributed by atoms with van der Waals surface area (Å²) in [5.41, 5.74) is 1.23. The molecule has 2 rings (SSSR count). The van der Waals surface area contributed by atoms with Crippen molar-refractivity contribution in [1.29, 1.82) is 0 Å². The van der Waals surface area contributed by atoms with Gasteiger partial charge < -0.3 is 10.2 Å². The molecule has 31 heavy (non-hydrogen) atoms. The van der Waals surface area contributed by atoms with Gasteiger partial charge in [0.2, 0.25) is 21.8 Å². The monoisotopic (exact) mass is 509 g/mol. The second-order valence-corrected chi connectivity index (χ2v) is 9.89. The molecule has 0 aliphatic carbocycles. The van der Waals surface area contributed by atoms with Crippen LogP contribution in [0.1, 0.15) is 25.8 Å². The first-order valence-corrected chi connectivity index (χ1v) is 12.7. The molecular weight excluding hydrogens is 482 g/mol. The van der Waals surface area contributed by atoms with E-state index in [1.165, 1.54) is 4.90 Å². The summed E-state index contributed by atoms with van der Waals surface area (Å²) in [6.07, 6.45) is 1.46. The van der Waals surface area contributed by atoms with Crippen LogP contribution in [0.25, 0.3) is 0 Å². The lowest BCUT2D eigenvalue weighted by Crippen LogP contribution is -2.52.